The Morgan fingerprint density at radius 2 is 1.67 bits per heavy atom. The largest absolute Gasteiger partial charge is 0.507 e. The summed E-state index contributed by atoms with van der Waals surface area (Å²) in [5, 5.41) is 13.6. The number of amides is 3. The number of nitrogens with zero attached hydrogens (tertiary/aromatic N) is 5. The second-order valence-corrected chi connectivity index (χ2v) is 14.6. The second-order valence-electron chi connectivity index (χ2n) is 14.6. The SMILES string of the molecule is CNc1ccccc1CCN(C=O)C1CCN(C(=O)O[C@H](Cc2cc(C)c(O)c(C)c2)C(=O)N2CCN(c3ccc(C(=O)OCC(C)C)cn3)CC2)CC1. The van der Waals surface area contributed by atoms with E-state index < -0.39 is 18.2 Å². The zero-order valence-corrected chi connectivity index (χ0v) is 32.1. The number of nitrogens with one attached hydrogen (secondary N) is 1. The van der Waals surface area contributed by atoms with Gasteiger partial charge in [0.05, 0.1) is 12.2 Å². The number of piperazine rings is 1. The lowest BCUT2D eigenvalue weighted by molar-refractivity contribution is -0.141. The number of carbonyl (C=O) groups is 4. The highest BCUT2D eigenvalue weighted by atomic mass is 16.6. The standard InChI is InChI=1S/C41H54N6O7/c1-28(2)26-53-40(51)33-10-11-37(43-25-33)44-18-20-45(21-19-44)39(50)36(24-31-22-29(3)38(49)30(4)23-31)54-41(52)46-16-13-34(14-17-46)47(27-48)15-12-32-8-6-7-9-35(32)42-5/h6-11,22-23,25,27-28,34,36,42,49H,12-21,24,26H2,1-5H3/t36-/m1/s1. The van der Waals surface area contributed by atoms with Crippen LogP contribution in [0.2, 0.25) is 0 Å². The van der Waals surface area contributed by atoms with Crippen LogP contribution in [0.25, 0.3) is 0 Å². The average molecular weight is 743 g/mol. The quantitative estimate of drug-likeness (QED) is 0.174. The van der Waals surface area contributed by atoms with E-state index in [0.717, 1.165) is 23.2 Å². The van der Waals surface area contributed by atoms with Gasteiger partial charge in [-0.05, 0) is 79.5 Å². The first-order chi connectivity index (χ1) is 26.0. The molecule has 290 valence electrons. The van der Waals surface area contributed by atoms with E-state index in [0.29, 0.717) is 94.2 Å². The van der Waals surface area contributed by atoms with E-state index in [9.17, 15) is 24.3 Å². The lowest BCUT2D eigenvalue weighted by Crippen LogP contribution is -2.53. The van der Waals surface area contributed by atoms with Gasteiger partial charge in [-0.1, -0.05) is 44.2 Å². The second kappa shape index (κ2) is 18.6. The topological polar surface area (TPSA) is 145 Å². The summed E-state index contributed by atoms with van der Waals surface area (Å²) >= 11 is 0. The van der Waals surface area contributed by atoms with Gasteiger partial charge in [-0.3, -0.25) is 9.59 Å². The summed E-state index contributed by atoms with van der Waals surface area (Å²) in [6, 6.07) is 15.1. The lowest BCUT2D eigenvalue weighted by atomic mass is 10.0. The molecular formula is C41H54N6O7. The van der Waals surface area contributed by atoms with Crippen molar-refractivity contribution >= 4 is 35.9 Å². The number of benzene rings is 2. The Labute approximate surface area is 318 Å². The maximum absolute atomic E-state index is 14.1. The number of aromatic nitrogens is 1. The lowest BCUT2D eigenvalue weighted by Gasteiger charge is -2.38. The number of anilines is 2. The van der Waals surface area contributed by atoms with E-state index in [-0.39, 0.29) is 30.0 Å². The molecule has 0 spiro atoms. The number of hydrogen-bond donors (Lipinski definition) is 2. The summed E-state index contributed by atoms with van der Waals surface area (Å²) in [4.78, 5) is 63.9. The molecule has 3 aromatic rings. The molecule has 0 aliphatic carbocycles. The summed E-state index contributed by atoms with van der Waals surface area (Å²) in [5.41, 5.74) is 4.69. The minimum absolute atomic E-state index is 0.00522. The number of esters is 1. The summed E-state index contributed by atoms with van der Waals surface area (Å²) in [6.45, 7) is 11.1. The molecule has 5 rings (SSSR count). The molecule has 2 aromatic carbocycles. The number of likely N-dealkylation sites (tertiary alicyclic amines) is 1. The minimum Gasteiger partial charge on any atom is -0.507 e. The van der Waals surface area contributed by atoms with E-state index in [1.54, 1.807) is 35.8 Å². The number of rotatable bonds is 14. The van der Waals surface area contributed by atoms with Crippen LogP contribution in [-0.4, -0.2) is 121 Å². The predicted molar refractivity (Wildman–Crippen MR) is 207 cm³/mol. The van der Waals surface area contributed by atoms with E-state index in [1.165, 1.54) is 6.20 Å². The molecule has 1 aromatic heterocycles. The monoisotopic (exact) mass is 742 g/mol. The summed E-state index contributed by atoms with van der Waals surface area (Å²) in [5.74, 6) is 0.431. The number of aryl methyl sites for hydroxylation is 2. The average Bonchev–Trinajstić information content (AvgIpc) is 3.19. The third-order valence-electron chi connectivity index (χ3n) is 10.2. The van der Waals surface area contributed by atoms with Crippen molar-refractivity contribution in [2.75, 3.05) is 69.7 Å². The highest BCUT2D eigenvalue weighted by Gasteiger charge is 2.34. The molecule has 2 aliphatic rings. The molecule has 0 radical (unpaired) electrons. The van der Waals surface area contributed by atoms with Gasteiger partial charge < -0.3 is 39.5 Å². The minimum atomic E-state index is -1.07. The van der Waals surface area contributed by atoms with Gasteiger partial charge >= 0.3 is 12.1 Å². The maximum Gasteiger partial charge on any atom is 0.410 e. The first-order valence-electron chi connectivity index (χ1n) is 18.9. The van der Waals surface area contributed by atoms with Crippen LogP contribution in [0, 0.1) is 19.8 Å². The van der Waals surface area contributed by atoms with Gasteiger partial charge in [0.15, 0.2) is 6.10 Å². The van der Waals surface area contributed by atoms with Crippen molar-refractivity contribution in [3.63, 3.8) is 0 Å². The van der Waals surface area contributed by atoms with Crippen LogP contribution in [-0.2, 0) is 31.9 Å². The number of ether oxygens (including phenoxy) is 2. The van der Waals surface area contributed by atoms with E-state index in [4.69, 9.17) is 9.47 Å². The van der Waals surface area contributed by atoms with Crippen molar-refractivity contribution in [3.05, 3.63) is 82.5 Å². The normalized spacial score (nSPS) is 15.5. The Morgan fingerprint density at radius 3 is 2.28 bits per heavy atom. The van der Waals surface area contributed by atoms with Crippen molar-refractivity contribution < 1.29 is 33.8 Å². The Kier molecular flexibility index (Phi) is 13.7. The third-order valence-corrected chi connectivity index (χ3v) is 10.2. The smallest absolute Gasteiger partial charge is 0.410 e. The van der Waals surface area contributed by atoms with Gasteiger partial charge in [0, 0.05) is 77.2 Å². The van der Waals surface area contributed by atoms with Crippen molar-refractivity contribution in [1.82, 2.24) is 19.7 Å². The van der Waals surface area contributed by atoms with Crippen LogP contribution in [0.3, 0.4) is 0 Å². The van der Waals surface area contributed by atoms with E-state index in [1.807, 2.05) is 61.0 Å². The number of carbonyl (C=O) groups excluding carboxylic acids is 4. The van der Waals surface area contributed by atoms with Crippen LogP contribution in [0.15, 0.2) is 54.7 Å². The molecule has 3 heterocycles. The zero-order valence-electron chi connectivity index (χ0n) is 32.1. The van der Waals surface area contributed by atoms with Crippen LogP contribution in [0.5, 0.6) is 5.75 Å². The zero-order chi connectivity index (χ0) is 38.8. The van der Waals surface area contributed by atoms with Crippen LogP contribution >= 0.6 is 0 Å². The Morgan fingerprint density at radius 1 is 0.981 bits per heavy atom. The Hall–Kier alpha value is -5.33. The molecule has 13 heteroatoms. The Balaban J connectivity index is 1.20. The number of aromatic hydroxyl groups is 1. The van der Waals surface area contributed by atoms with Crippen LogP contribution < -0.4 is 10.2 Å². The predicted octanol–water partition coefficient (Wildman–Crippen LogP) is 4.82. The van der Waals surface area contributed by atoms with Gasteiger partial charge in [-0.2, -0.15) is 0 Å². The maximum atomic E-state index is 14.1. The van der Waals surface area contributed by atoms with Gasteiger partial charge in [-0.15, -0.1) is 0 Å². The van der Waals surface area contributed by atoms with E-state index >= 15 is 0 Å². The molecule has 13 nitrogen and oxygen atoms in total. The Bertz CT molecular complexity index is 1730. The van der Waals surface area contributed by atoms with E-state index in [2.05, 4.69) is 16.4 Å². The summed E-state index contributed by atoms with van der Waals surface area (Å²) in [6.07, 6.45) is 2.85. The number of phenols is 1. The molecule has 2 N–H and O–H groups in total. The summed E-state index contributed by atoms with van der Waals surface area (Å²) < 4.78 is 11.3. The number of hydrogen-bond acceptors (Lipinski definition) is 10. The molecule has 0 bridgehead atoms. The fourth-order valence-corrected chi connectivity index (χ4v) is 7.07. The highest BCUT2D eigenvalue weighted by Crippen LogP contribution is 2.26. The molecule has 54 heavy (non-hydrogen) atoms. The van der Waals surface area contributed by atoms with Gasteiger partial charge in [0.1, 0.15) is 11.6 Å². The molecule has 0 saturated carbocycles. The van der Waals surface area contributed by atoms with Gasteiger partial charge in [0.25, 0.3) is 5.91 Å². The van der Waals surface area contributed by atoms with Crippen molar-refractivity contribution in [2.45, 2.75) is 65.5 Å². The fourth-order valence-electron chi connectivity index (χ4n) is 7.07. The first kappa shape index (κ1) is 39.9. The fraction of sp³-hybridized carbons (Fsp3) is 0.488. The van der Waals surface area contributed by atoms with Gasteiger partial charge in [0.2, 0.25) is 6.41 Å². The van der Waals surface area contributed by atoms with Crippen LogP contribution in [0.4, 0.5) is 16.3 Å². The first-order valence-corrected chi connectivity index (χ1v) is 18.9. The number of pyridine rings is 1. The molecule has 1 atom stereocenters. The van der Waals surface area contributed by atoms with Crippen molar-refractivity contribution in [3.8, 4) is 5.75 Å². The number of piperidine rings is 1. The van der Waals surface area contributed by atoms with Crippen molar-refractivity contribution in [1.29, 1.82) is 0 Å². The summed E-state index contributed by atoms with van der Waals surface area (Å²) in [7, 11) is 1.88. The van der Waals surface area contributed by atoms with Crippen molar-refractivity contribution in [2.24, 2.45) is 5.92 Å². The van der Waals surface area contributed by atoms with Crippen LogP contribution in [0.1, 0.15) is 59.3 Å². The molecule has 2 saturated heterocycles. The molecule has 2 aliphatic heterocycles. The molecular weight excluding hydrogens is 688 g/mol. The molecule has 0 unspecified atom stereocenters. The highest BCUT2D eigenvalue weighted by molar-refractivity contribution is 5.89. The number of phenolic OH excluding ortho intramolecular Hbond substituents is 1. The number of para-hydroxylation sites is 1. The van der Waals surface area contributed by atoms with Gasteiger partial charge in [-0.25, -0.2) is 14.6 Å². The molecule has 2 fully saturated rings. The third kappa shape index (κ3) is 10.2. The molecule has 3 amide bonds.